The van der Waals surface area contributed by atoms with Gasteiger partial charge in [-0.15, -0.1) is 0 Å². The topological polar surface area (TPSA) is 46.2 Å². The van der Waals surface area contributed by atoms with Gasteiger partial charge in [0.05, 0.1) is 11.0 Å². The number of halogens is 2. The maximum absolute atomic E-state index is 14.7. The molecule has 1 fully saturated rings. The number of hydrogen-bond donors (Lipinski definition) is 2. The van der Waals surface area contributed by atoms with Crippen molar-refractivity contribution in [2.75, 3.05) is 6.54 Å². The molecule has 18 heavy (non-hydrogen) atoms. The van der Waals surface area contributed by atoms with Crippen LogP contribution in [0.25, 0.3) is 0 Å². The minimum atomic E-state index is -3.08. The van der Waals surface area contributed by atoms with Gasteiger partial charge in [0.1, 0.15) is 5.75 Å². The Kier molecular flexibility index (Phi) is 3.57. The Morgan fingerprint density at radius 1 is 1.17 bits per heavy atom. The van der Waals surface area contributed by atoms with Gasteiger partial charge in [-0.2, -0.15) is 0 Å². The van der Waals surface area contributed by atoms with Gasteiger partial charge in [0.25, 0.3) is 5.92 Å². The molecule has 1 aliphatic carbocycles. The van der Waals surface area contributed by atoms with Gasteiger partial charge in [0, 0.05) is 6.54 Å². The van der Waals surface area contributed by atoms with Crippen molar-refractivity contribution in [3.05, 3.63) is 29.8 Å². The van der Waals surface area contributed by atoms with Crippen molar-refractivity contribution in [1.82, 2.24) is 0 Å². The van der Waals surface area contributed by atoms with Crippen LogP contribution in [0.5, 0.6) is 5.75 Å². The van der Waals surface area contributed by atoms with E-state index in [0.717, 1.165) is 19.3 Å². The lowest BCUT2D eigenvalue weighted by Crippen LogP contribution is -2.46. The molecule has 0 radical (unpaired) electrons. The highest BCUT2D eigenvalue weighted by molar-refractivity contribution is 5.37. The number of aromatic hydroxyl groups is 1. The van der Waals surface area contributed by atoms with Crippen molar-refractivity contribution in [2.45, 2.75) is 38.0 Å². The zero-order valence-electron chi connectivity index (χ0n) is 10.3. The molecule has 0 atom stereocenters. The molecule has 2 rings (SSSR count). The Balaban J connectivity index is 2.42. The van der Waals surface area contributed by atoms with Gasteiger partial charge in [-0.1, -0.05) is 31.4 Å². The quantitative estimate of drug-likeness (QED) is 0.869. The van der Waals surface area contributed by atoms with Gasteiger partial charge in [0.15, 0.2) is 0 Å². The number of hydrogen-bond acceptors (Lipinski definition) is 2. The average Bonchev–Trinajstić information content (AvgIpc) is 2.39. The molecule has 1 aliphatic rings. The van der Waals surface area contributed by atoms with Gasteiger partial charge < -0.3 is 10.8 Å². The molecular formula is C14H19F2NO. The molecule has 0 aromatic heterocycles. The smallest absolute Gasteiger partial charge is 0.283 e. The average molecular weight is 255 g/mol. The maximum atomic E-state index is 14.7. The van der Waals surface area contributed by atoms with Gasteiger partial charge in [-0.05, 0) is 25.0 Å². The van der Waals surface area contributed by atoms with Crippen molar-refractivity contribution < 1.29 is 13.9 Å². The first-order valence-corrected chi connectivity index (χ1v) is 6.40. The first kappa shape index (κ1) is 13.3. The number of rotatable bonds is 3. The van der Waals surface area contributed by atoms with Crippen LogP contribution < -0.4 is 5.73 Å². The largest absolute Gasteiger partial charge is 0.507 e. The summed E-state index contributed by atoms with van der Waals surface area (Å²) in [7, 11) is 0. The molecule has 0 unspecified atom stereocenters. The summed E-state index contributed by atoms with van der Waals surface area (Å²) in [6.45, 7) is -0.0473. The van der Waals surface area contributed by atoms with Crippen LogP contribution in [-0.4, -0.2) is 11.7 Å². The van der Waals surface area contributed by atoms with Crippen LogP contribution in [0.2, 0.25) is 0 Å². The number of para-hydroxylation sites is 1. The molecule has 3 N–H and O–H groups in total. The summed E-state index contributed by atoms with van der Waals surface area (Å²) in [6.07, 6.45) is 3.38. The van der Waals surface area contributed by atoms with Gasteiger partial charge in [0.2, 0.25) is 0 Å². The summed E-state index contributed by atoms with van der Waals surface area (Å²) >= 11 is 0. The third-order valence-electron chi connectivity index (χ3n) is 4.11. The molecule has 0 heterocycles. The van der Waals surface area contributed by atoms with E-state index >= 15 is 0 Å². The number of phenols is 1. The van der Waals surface area contributed by atoms with Gasteiger partial charge >= 0.3 is 0 Å². The lowest BCUT2D eigenvalue weighted by Gasteiger charge is -2.42. The van der Waals surface area contributed by atoms with Gasteiger partial charge in [-0.3, -0.25) is 0 Å². The van der Waals surface area contributed by atoms with Crippen LogP contribution in [-0.2, 0) is 5.92 Å². The summed E-state index contributed by atoms with van der Waals surface area (Å²) < 4.78 is 29.4. The highest BCUT2D eigenvalue weighted by Crippen LogP contribution is 2.54. The van der Waals surface area contributed by atoms with E-state index in [1.54, 1.807) is 6.07 Å². The van der Waals surface area contributed by atoms with E-state index in [1.165, 1.54) is 18.2 Å². The van der Waals surface area contributed by atoms with E-state index in [4.69, 9.17) is 5.73 Å². The second-order valence-electron chi connectivity index (χ2n) is 5.14. The van der Waals surface area contributed by atoms with Crippen molar-refractivity contribution >= 4 is 0 Å². The first-order valence-electron chi connectivity index (χ1n) is 6.40. The molecule has 0 bridgehead atoms. The van der Waals surface area contributed by atoms with Crippen LogP contribution in [0, 0.1) is 5.41 Å². The number of alkyl halides is 2. The standard InChI is InChI=1S/C14H19F2NO/c15-14(16,11-6-2-3-7-12(11)18)13(10-17)8-4-1-5-9-13/h2-3,6-7,18H,1,4-5,8-10,17H2. The fourth-order valence-electron chi connectivity index (χ4n) is 2.90. The highest BCUT2D eigenvalue weighted by Gasteiger charge is 2.54. The molecule has 4 heteroatoms. The second-order valence-corrected chi connectivity index (χ2v) is 5.14. The summed E-state index contributed by atoms with van der Waals surface area (Å²) in [5.41, 5.74) is 4.15. The second kappa shape index (κ2) is 4.84. The van der Waals surface area contributed by atoms with E-state index in [-0.39, 0.29) is 17.9 Å². The predicted octanol–water partition coefficient (Wildman–Crippen LogP) is 3.39. The summed E-state index contributed by atoms with van der Waals surface area (Å²) in [4.78, 5) is 0. The lowest BCUT2D eigenvalue weighted by atomic mass is 9.67. The summed E-state index contributed by atoms with van der Waals surface area (Å²) in [5.74, 6) is -3.42. The van der Waals surface area contributed by atoms with Crippen LogP contribution >= 0.6 is 0 Å². The van der Waals surface area contributed by atoms with Crippen molar-refractivity contribution in [1.29, 1.82) is 0 Å². The molecule has 1 aromatic carbocycles. The van der Waals surface area contributed by atoms with Crippen LogP contribution in [0.1, 0.15) is 37.7 Å². The van der Waals surface area contributed by atoms with Crippen LogP contribution in [0.3, 0.4) is 0 Å². The Morgan fingerprint density at radius 3 is 2.33 bits per heavy atom. The summed E-state index contributed by atoms with van der Waals surface area (Å²) in [5, 5.41) is 9.67. The Hall–Kier alpha value is -1.16. The van der Waals surface area contributed by atoms with E-state index < -0.39 is 11.3 Å². The molecule has 2 nitrogen and oxygen atoms in total. The molecule has 1 aromatic rings. The highest BCUT2D eigenvalue weighted by atomic mass is 19.3. The molecule has 0 saturated heterocycles. The molecule has 0 amide bonds. The van der Waals surface area contributed by atoms with Crippen molar-refractivity contribution in [3.63, 3.8) is 0 Å². The van der Waals surface area contributed by atoms with E-state index in [2.05, 4.69) is 0 Å². The van der Waals surface area contributed by atoms with E-state index in [0.29, 0.717) is 12.8 Å². The van der Waals surface area contributed by atoms with E-state index in [9.17, 15) is 13.9 Å². The lowest BCUT2D eigenvalue weighted by molar-refractivity contribution is -0.143. The molecule has 1 saturated carbocycles. The fourth-order valence-corrected chi connectivity index (χ4v) is 2.90. The Labute approximate surface area is 106 Å². The third kappa shape index (κ3) is 1.99. The summed E-state index contributed by atoms with van der Waals surface area (Å²) in [6, 6.07) is 5.67. The van der Waals surface area contributed by atoms with E-state index in [1.807, 2.05) is 0 Å². The number of benzene rings is 1. The number of phenolic OH excluding ortho intramolecular Hbond substituents is 1. The third-order valence-corrected chi connectivity index (χ3v) is 4.11. The minimum absolute atomic E-state index is 0.0473. The van der Waals surface area contributed by atoms with Crippen LogP contribution in [0.15, 0.2) is 24.3 Å². The van der Waals surface area contributed by atoms with Crippen LogP contribution in [0.4, 0.5) is 8.78 Å². The molecular weight excluding hydrogens is 236 g/mol. The maximum Gasteiger partial charge on any atom is 0.283 e. The first-order chi connectivity index (χ1) is 8.53. The zero-order chi connectivity index (χ0) is 13.2. The van der Waals surface area contributed by atoms with Crippen molar-refractivity contribution in [3.8, 4) is 5.75 Å². The Bertz CT molecular complexity index is 414. The SMILES string of the molecule is NCC1(C(F)(F)c2ccccc2O)CCCCC1. The van der Waals surface area contributed by atoms with Crippen molar-refractivity contribution in [2.24, 2.45) is 11.1 Å². The number of nitrogens with two attached hydrogens (primary N) is 1. The Morgan fingerprint density at radius 2 is 1.78 bits per heavy atom. The fraction of sp³-hybridized carbons (Fsp3) is 0.571. The minimum Gasteiger partial charge on any atom is -0.507 e. The molecule has 100 valence electrons. The predicted molar refractivity (Wildman–Crippen MR) is 66.6 cm³/mol. The zero-order valence-corrected chi connectivity index (χ0v) is 10.3. The monoisotopic (exact) mass is 255 g/mol. The molecule has 0 spiro atoms. The normalized spacial score (nSPS) is 19.7. The molecule has 0 aliphatic heterocycles. The van der Waals surface area contributed by atoms with Gasteiger partial charge in [-0.25, -0.2) is 8.78 Å².